The van der Waals surface area contributed by atoms with Crippen LogP contribution in [0, 0.1) is 18.8 Å². The summed E-state index contributed by atoms with van der Waals surface area (Å²) in [5.41, 5.74) is 0.646. The first-order chi connectivity index (χ1) is 12.5. The number of hydrogen-bond donors (Lipinski definition) is 1. The molecule has 1 N–H and O–H groups in total. The van der Waals surface area contributed by atoms with E-state index >= 15 is 0 Å². The summed E-state index contributed by atoms with van der Waals surface area (Å²) in [6.07, 6.45) is 6.24. The van der Waals surface area contributed by atoms with E-state index in [1.54, 1.807) is 19.3 Å². The maximum atomic E-state index is 12.6. The molecule has 142 valence electrons. The number of piperidine rings is 1. The van der Waals surface area contributed by atoms with Gasteiger partial charge in [-0.3, -0.25) is 14.5 Å². The highest BCUT2D eigenvalue weighted by atomic mass is 16.3. The molecule has 6 nitrogen and oxygen atoms in total. The second kappa shape index (κ2) is 7.06. The SMILES string of the molecule is CC(=O)N1CCC(N2C[C@@H](NC(=O)c3ccoc3C)[C@H](C3CC3)C2)CC1. The van der Waals surface area contributed by atoms with Crippen LogP contribution in [0.3, 0.4) is 0 Å². The van der Waals surface area contributed by atoms with Crippen molar-refractivity contribution in [3.8, 4) is 0 Å². The molecular formula is C20H29N3O3. The van der Waals surface area contributed by atoms with Gasteiger partial charge in [-0.25, -0.2) is 0 Å². The smallest absolute Gasteiger partial charge is 0.255 e. The van der Waals surface area contributed by atoms with Crippen LogP contribution in [0.15, 0.2) is 16.7 Å². The fourth-order valence-electron chi connectivity index (χ4n) is 4.73. The average molecular weight is 359 g/mol. The Morgan fingerprint density at radius 3 is 2.46 bits per heavy atom. The molecule has 2 atom stereocenters. The van der Waals surface area contributed by atoms with Gasteiger partial charge < -0.3 is 14.6 Å². The van der Waals surface area contributed by atoms with E-state index < -0.39 is 0 Å². The first-order valence-electron chi connectivity index (χ1n) is 9.87. The van der Waals surface area contributed by atoms with E-state index in [2.05, 4.69) is 10.2 Å². The second-order valence-corrected chi connectivity index (χ2v) is 8.16. The van der Waals surface area contributed by atoms with Gasteiger partial charge in [0.25, 0.3) is 5.91 Å². The summed E-state index contributed by atoms with van der Waals surface area (Å²) < 4.78 is 5.28. The minimum Gasteiger partial charge on any atom is -0.469 e. The summed E-state index contributed by atoms with van der Waals surface area (Å²) in [6.45, 7) is 7.20. The zero-order valence-electron chi connectivity index (χ0n) is 15.7. The van der Waals surface area contributed by atoms with Gasteiger partial charge in [-0.15, -0.1) is 0 Å². The van der Waals surface area contributed by atoms with Crippen molar-refractivity contribution in [2.75, 3.05) is 26.2 Å². The molecule has 0 aromatic carbocycles. The van der Waals surface area contributed by atoms with Gasteiger partial charge in [0.1, 0.15) is 5.76 Å². The number of rotatable bonds is 4. The van der Waals surface area contributed by atoms with Crippen molar-refractivity contribution in [2.24, 2.45) is 11.8 Å². The van der Waals surface area contributed by atoms with Crippen molar-refractivity contribution in [1.29, 1.82) is 0 Å². The lowest BCUT2D eigenvalue weighted by atomic mass is 9.97. The van der Waals surface area contributed by atoms with Crippen LogP contribution in [-0.4, -0.2) is 59.9 Å². The van der Waals surface area contributed by atoms with E-state index in [9.17, 15) is 9.59 Å². The van der Waals surface area contributed by atoms with Crippen molar-refractivity contribution < 1.29 is 14.0 Å². The topological polar surface area (TPSA) is 65.8 Å². The van der Waals surface area contributed by atoms with Gasteiger partial charge in [-0.05, 0) is 50.5 Å². The molecule has 0 radical (unpaired) electrons. The Hall–Kier alpha value is -1.82. The van der Waals surface area contributed by atoms with Crippen molar-refractivity contribution in [3.05, 3.63) is 23.7 Å². The van der Waals surface area contributed by atoms with Gasteiger partial charge in [0.05, 0.1) is 11.8 Å². The maximum absolute atomic E-state index is 12.6. The third-order valence-electron chi connectivity index (χ3n) is 6.47. The Morgan fingerprint density at radius 1 is 1.15 bits per heavy atom. The number of hydrogen-bond acceptors (Lipinski definition) is 4. The van der Waals surface area contributed by atoms with Crippen molar-refractivity contribution in [2.45, 2.75) is 51.6 Å². The number of furan rings is 1. The molecule has 3 aliphatic rings. The lowest BCUT2D eigenvalue weighted by molar-refractivity contribution is -0.130. The number of aryl methyl sites for hydroxylation is 1. The average Bonchev–Trinajstić information content (AvgIpc) is 3.25. The Kier molecular flexibility index (Phi) is 4.78. The van der Waals surface area contributed by atoms with Crippen LogP contribution >= 0.6 is 0 Å². The van der Waals surface area contributed by atoms with Crippen LogP contribution in [0.25, 0.3) is 0 Å². The Labute approximate surface area is 154 Å². The monoisotopic (exact) mass is 359 g/mol. The fraction of sp³-hybridized carbons (Fsp3) is 0.700. The highest BCUT2D eigenvalue weighted by Gasteiger charge is 2.45. The van der Waals surface area contributed by atoms with Crippen LogP contribution in [0.4, 0.5) is 0 Å². The van der Waals surface area contributed by atoms with Gasteiger partial charge >= 0.3 is 0 Å². The molecule has 2 aliphatic heterocycles. The predicted octanol–water partition coefficient (Wildman–Crippen LogP) is 2.04. The number of carbonyl (C=O) groups is 2. The maximum Gasteiger partial charge on any atom is 0.255 e. The molecule has 1 aromatic heterocycles. The number of nitrogens with zero attached hydrogens (tertiary/aromatic N) is 2. The molecule has 1 saturated carbocycles. The largest absolute Gasteiger partial charge is 0.469 e. The lowest BCUT2D eigenvalue weighted by Crippen LogP contribution is -2.46. The first kappa shape index (κ1) is 17.6. The fourth-order valence-corrected chi connectivity index (χ4v) is 4.73. The van der Waals surface area contributed by atoms with E-state index in [0.717, 1.165) is 44.9 Å². The minimum absolute atomic E-state index is 0.0138. The Morgan fingerprint density at radius 2 is 1.88 bits per heavy atom. The molecule has 3 fully saturated rings. The molecule has 26 heavy (non-hydrogen) atoms. The van der Waals surface area contributed by atoms with Gasteiger partial charge in [0.2, 0.25) is 5.91 Å². The molecular weight excluding hydrogens is 330 g/mol. The lowest BCUT2D eigenvalue weighted by Gasteiger charge is -2.36. The molecule has 0 unspecified atom stereocenters. The van der Waals surface area contributed by atoms with Crippen LogP contribution in [-0.2, 0) is 4.79 Å². The summed E-state index contributed by atoms with van der Waals surface area (Å²) in [5, 5.41) is 3.28. The highest BCUT2D eigenvalue weighted by Crippen LogP contribution is 2.42. The number of amides is 2. The van der Waals surface area contributed by atoms with Crippen LogP contribution in [0.2, 0.25) is 0 Å². The zero-order valence-corrected chi connectivity index (χ0v) is 15.7. The third-order valence-corrected chi connectivity index (χ3v) is 6.47. The van der Waals surface area contributed by atoms with Gasteiger partial charge in [0, 0.05) is 45.2 Å². The van der Waals surface area contributed by atoms with E-state index in [0.29, 0.717) is 23.3 Å². The van der Waals surface area contributed by atoms with E-state index in [4.69, 9.17) is 4.42 Å². The van der Waals surface area contributed by atoms with Crippen molar-refractivity contribution in [3.63, 3.8) is 0 Å². The molecule has 0 spiro atoms. The summed E-state index contributed by atoms with van der Waals surface area (Å²) in [7, 11) is 0. The molecule has 6 heteroatoms. The number of nitrogens with one attached hydrogen (secondary N) is 1. The highest BCUT2D eigenvalue weighted by molar-refractivity contribution is 5.95. The first-order valence-corrected chi connectivity index (χ1v) is 9.87. The normalized spacial score (nSPS) is 27.7. The Balaban J connectivity index is 1.39. The van der Waals surface area contributed by atoms with Crippen LogP contribution in [0.5, 0.6) is 0 Å². The molecule has 0 bridgehead atoms. The van der Waals surface area contributed by atoms with Gasteiger partial charge in [0.15, 0.2) is 0 Å². The summed E-state index contributed by atoms with van der Waals surface area (Å²) >= 11 is 0. The molecule has 1 aromatic rings. The predicted molar refractivity (Wildman–Crippen MR) is 97.8 cm³/mol. The molecule has 2 saturated heterocycles. The molecule has 3 heterocycles. The third kappa shape index (κ3) is 3.52. The number of carbonyl (C=O) groups excluding carboxylic acids is 2. The van der Waals surface area contributed by atoms with Gasteiger partial charge in [-0.2, -0.15) is 0 Å². The minimum atomic E-state index is -0.0138. The Bertz CT molecular complexity index is 674. The molecule has 2 amide bonds. The number of likely N-dealkylation sites (tertiary alicyclic amines) is 2. The molecule has 1 aliphatic carbocycles. The standard InChI is InChI=1S/C20H29N3O3/c1-13-17(7-10-26-13)20(25)21-19-12-23(11-18(19)15-3-4-15)16-5-8-22(9-6-16)14(2)24/h7,10,15-16,18-19H,3-6,8-9,11-12H2,1-2H3,(H,21,25)/t18-,19+/m0/s1. The van der Waals surface area contributed by atoms with E-state index in [1.807, 2.05) is 11.8 Å². The summed E-state index contributed by atoms with van der Waals surface area (Å²) in [4.78, 5) is 28.7. The van der Waals surface area contributed by atoms with E-state index in [-0.39, 0.29) is 17.9 Å². The second-order valence-electron chi connectivity index (χ2n) is 8.16. The van der Waals surface area contributed by atoms with E-state index in [1.165, 1.54) is 12.8 Å². The van der Waals surface area contributed by atoms with Crippen LogP contribution < -0.4 is 5.32 Å². The van der Waals surface area contributed by atoms with Crippen molar-refractivity contribution >= 4 is 11.8 Å². The molecule has 4 rings (SSSR count). The van der Waals surface area contributed by atoms with Crippen LogP contribution in [0.1, 0.15) is 48.7 Å². The summed E-state index contributed by atoms with van der Waals surface area (Å²) in [6, 6.07) is 2.50. The summed E-state index contributed by atoms with van der Waals surface area (Å²) in [5.74, 6) is 2.16. The van der Waals surface area contributed by atoms with Crippen molar-refractivity contribution in [1.82, 2.24) is 15.1 Å². The zero-order chi connectivity index (χ0) is 18.3. The quantitative estimate of drug-likeness (QED) is 0.893. The van der Waals surface area contributed by atoms with Gasteiger partial charge in [-0.1, -0.05) is 0 Å².